The predicted molar refractivity (Wildman–Crippen MR) is 106 cm³/mol. The van der Waals surface area contributed by atoms with Crippen LogP contribution >= 0.6 is 0 Å². The van der Waals surface area contributed by atoms with Gasteiger partial charge in [-0.3, -0.25) is 4.99 Å². The number of guanidine groups is 1. The van der Waals surface area contributed by atoms with E-state index in [0.717, 1.165) is 37.9 Å². The molecule has 1 N–H and O–H groups in total. The second-order valence-electron chi connectivity index (χ2n) is 8.45. The second kappa shape index (κ2) is 8.22. The second-order valence-corrected chi connectivity index (χ2v) is 8.45. The van der Waals surface area contributed by atoms with Crippen molar-refractivity contribution in [3.63, 3.8) is 0 Å². The molecular weight excluding hydrogens is 308 g/mol. The van der Waals surface area contributed by atoms with Gasteiger partial charge in [-0.25, -0.2) is 0 Å². The molecule has 0 saturated carbocycles. The van der Waals surface area contributed by atoms with Gasteiger partial charge in [-0.2, -0.15) is 0 Å². The minimum absolute atomic E-state index is 0.416. The zero-order chi connectivity index (χ0) is 17.7. The first-order valence-corrected chi connectivity index (χ1v) is 9.78. The van der Waals surface area contributed by atoms with Crippen LogP contribution in [0.25, 0.3) is 0 Å². The van der Waals surface area contributed by atoms with Crippen LogP contribution in [-0.4, -0.2) is 62.1 Å². The first kappa shape index (κ1) is 18.2. The van der Waals surface area contributed by atoms with E-state index < -0.39 is 0 Å². The largest absolute Gasteiger partial charge is 0.356 e. The summed E-state index contributed by atoms with van der Waals surface area (Å²) in [5.74, 6) is 1.83. The van der Waals surface area contributed by atoms with Crippen LogP contribution in [0.5, 0.6) is 0 Å². The van der Waals surface area contributed by atoms with Crippen molar-refractivity contribution in [2.24, 2.45) is 16.3 Å². The van der Waals surface area contributed by atoms with Crippen molar-refractivity contribution >= 4 is 5.96 Å². The van der Waals surface area contributed by atoms with E-state index in [4.69, 9.17) is 0 Å². The third kappa shape index (κ3) is 5.21. The summed E-state index contributed by atoms with van der Waals surface area (Å²) in [6, 6.07) is 10.8. The maximum absolute atomic E-state index is 4.51. The molecular formula is C21H34N4. The van der Waals surface area contributed by atoms with Gasteiger partial charge in [0.25, 0.3) is 0 Å². The van der Waals surface area contributed by atoms with Gasteiger partial charge in [0.2, 0.25) is 0 Å². The lowest BCUT2D eigenvalue weighted by atomic mass is 9.93. The number of nitrogens with one attached hydrogen (secondary N) is 1. The van der Waals surface area contributed by atoms with Gasteiger partial charge in [-0.1, -0.05) is 44.2 Å². The standard InChI is InChI=1S/C21H34N4/c1-21(2)11-14-25(17-21)20(22-3)23-15-19-10-13-24(16-19)12-9-18-7-5-4-6-8-18/h4-8,19H,9-17H2,1-3H3,(H,22,23). The van der Waals surface area contributed by atoms with E-state index >= 15 is 0 Å². The van der Waals surface area contributed by atoms with Crippen LogP contribution in [0.1, 0.15) is 32.3 Å². The quantitative estimate of drug-likeness (QED) is 0.659. The predicted octanol–water partition coefficient (Wildman–Crippen LogP) is 2.86. The molecule has 2 heterocycles. The van der Waals surface area contributed by atoms with Gasteiger partial charge in [0.05, 0.1) is 0 Å². The average molecular weight is 343 g/mol. The van der Waals surface area contributed by atoms with Crippen LogP contribution < -0.4 is 5.32 Å². The summed E-state index contributed by atoms with van der Waals surface area (Å²) in [6.07, 6.45) is 3.71. The van der Waals surface area contributed by atoms with E-state index in [1.54, 1.807) is 0 Å². The fraction of sp³-hybridized carbons (Fsp3) is 0.667. The molecule has 138 valence electrons. The number of hydrogen-bond donors (Lipinski definition) is 1. The third-order valence-corrected chi connectivity index (χ3v) is 5.67. The number of rotatable bonds is 5. The Balaban J connectivity index is 1.39. The van der Waals surface area contributed by atoms with Crippen LogP contribution in [0.2, 0.25) is 0 Å². The van der Waals surface area contributed by atoms with Gasteiger partial charge in [0.15, 0.2) is 5.96 Å². The molecule has 4 nitrogen and oxygen atoms in total. The SMILES string of the molecule is CN=C(NCC1CCN(CCc2ccccc2)C1)N1CCC(C)(C)C1. The average Bonchev–Trinajstić information content (AvgIpc) is 3.21. The van der Waals surface area contributed by atoms with Crippen LogP contribution in [0, 0.1) is 11.3 Å². The van der Waals surface area contributed by atoms with E-state index in [9.17, 15) is 0 Å². The molecule has 0 spiro atoms. The molecule has 3 rings (SSSR count). The van der Waals surface area contributed by atoms with Crippen molar-refractivity contribution in [1.29, 1.82) is 0 Å². The summed E-state index contributed by atoms with van der Waals surface area (Å²) in [5.41, 5.74) is 1.86. The molecule has 0 amide bonds. The number of nitrogens with zero attached hydrogens (tertiary/aromatic N) is 3. The van der Waals surface area contributed by atoms with Crippen LogP contribution in [0.4, 0.5) is 0 Å². The molecule has 2 fully saturated rings. The number of likely N-dealkylation sites (tertiary alicyclic amines) is 2. The van der Waals surface area contributed by atoms with E-state index in [1.165, 1.54) is 38.0 Å². The normalized spacial score (nSPS) is 24.0. The van der Waals surface area contributed by atoms with Crippen LogP contribution in [-0.2, 0) is 6.42 Å². The first-order chi connectivity index (χ1) is 12.1. The van der Waals surface area contributed by atoms with Gasteiger partial charge in [0.1, 0.15) is 0 Å². The van der Waals surface area contributed by atoms with E-state index in [-0.39, 0.29) is 0 Å². The lowest BCUT2D eigenvalue weighted by molar-refractivity contribution is 0.326. The Morgan fingerprint density at radius 1 is 1.24 bits per heavy atom. The van der Waals surface area contributed by atoms with Gasteiger partial charge in [-0.05, 0) is 42.7 Å². The molecule has 1 atom stereocenters. The Hall–Kier alpha value is -1.55. The highest BCUT2D eigenvalue weighted by atomic mass is 15.3. The summed E-state index contributed by atoms with van der Waals surface area (Å²) in [6.45, 7) is 11.6. The van der Waals surface area contributed by atoms with Gasteiger partial charge < -0.3 is 15.1 Å². The Morgan fingerprint density at radius 3 is 2.72 bits per heavy atom. The zero-order valence-electron chi connectivity index (χ0n) is 16.2. The van der Waals surface area contributed by atoms with Crippen molar-refractivity contribution in [2.75, 3.05) is 46.3 Å². The van der Waals surface area contributed by atoms with Gasteiger partial charge in [0, 0.05) is 39.8 Å². The third-order valence-electron chi connectivity index (χ3n) is 5.67. The number of benzene rings is 1. The van der Waals surface area contributed by atoms with Crippen molar-refractivity contribution in [2.45, 2.75) is 33.1 Å². The molecule has 0 radical (unpaired) electrons. The van der Waals surface area contributed by atoms with Crippen molar-refractivity contribution in [3.05, 3.63) is 35.9 Å². The summed E-state index contributed by atoms with van der Waals surface area (Å²) in [5, 5.41) is 3.63. The fourth-order valence-electron chi connectivity index (χ4n) is 4.08. The zero-order valence-corrected chi connectivity index (χ0v) is 16.2. The van der Waals surface area contributed by atoms with Gasteiger partial charge in [-0.15, -0.1) is 0 Å². The molecule has 1 unspecified atom stereocenters. The maximum Gasteiger partial charge on any atom is 0.193 e. The molecule has 25 heavy (non-hydrogen) atoms. The summed E-state index contributed by atoms with van der Waals surface area (Å²) < 4.78 is 0. The lowest BCUT2D eigenvalue weighted by Gasteiger charge is -2.25. The Morgan fingerprint density at radius 2 is 2.04 bits per heavy atom. The molecule has 2 saturated heterocycles. The Bertz CT molecular complexity index is 567. The topological polar surface area (TPSA) is 30.9 Å². The molecule has 0 aromatic heterocycles. The summed E-state index contributed by atoms with van der Waals surface area (Å²) in [4.78, 5) is 9.54. The number of aliphatic imine (C=N–C) groups is 1. The Labute approximate surface area is 153 Å². The van der Waals surface area contributed by atoms with E-state index in [0.29, 0.717) is 5.41 Å². The number of hydrogen-bond acceptors (Lipinski definition) is 2. The summed E-state index contributed by atoms with van der Waals surface area (Å²) >= 11 is 0. The molecule has 1 aromatic rings. The highest BCUT2D eigenvalue weighted by Crippen LogP contribution is 2.28. The maximum atomic E-state index is 4.51. The smallest absolute Gasteiger partial charge is 0.193 e. The van der Waals surface area contributed by atoms with E-state index in [1.807, 2.05) is 7.05 Å². The molecule has 0 aliphatic carbocycles. The fourth-order valence-corrected chi connectivity index (χ4v) is 4.08. The van der Waals surface area contributed by atoms with Crippen LogP contribution in [0.15, 0.2) is 35.3 Å². The molecule has 4 heteroatoms. The first-order valence-electron chi connectivity index (χ1n) is 9.78. The highest BCUT2D eigenvalue weighted by molar-refractivity contribution is 5.80. The highest BCUT2D eigenvalue weighted by Gasteiger charge is 2.31. The van der Waals surface area contributed by atoms with Crippen molar-refractivity contribution in [3.8, 4) is 0 Å². The molecule has 2 aliphatic heterocycles. The van der Waals surface area contributed by atoms with Crippen molar-refractivity contribution < 1.29 is 0 Å². The molecule has 0 bridgehead atoms. The summed E-state index contributed by atoms with van der Waals surface area (Å²) in [7, 11) is 1.91. The molecule has 1 aromatic carbocycles. The monoisotopic (exact) mass is 342 g/mol. The molecule has 2 aliphatic rings. The van der Waals surface area contributed by atoms with Crippen LogP contribution in [0.3, 0.4) is 0 Å². The van der Waals surface area contributed by atoms with Gasteiger partial charge >= 0.3 is 0 Å². The lowest BCUT2D eigenvalue weighted by Crippen LogP contribution is -2.43. The van der Waals surface area contributed by atoms with Crippen molar-refractivity contribution in [1.82, 2.24) is 15.1 Å². The minimum atomic E-state index is 0.416. The minimum Gasteiger partial charge on any atom is -0.356 e. The Kier molecular flexibility index (Phi) is 6.00. The van der Waals surface area contributed by atoms with E-state index in [2.05, 4.69) is 64.3 Å².